The lowest BCUT2D eigenvalue weighted by Crippen LogP contribution is -2.05. The summed E-state index contributed by atoms with van der Waals surface area (Å²) in [7, 11) is -2.48. The second-order valence-electron chi connectivity index (χ2n) is 4.41. The fourth-order valence-corrected chi connectivity index (χ4v) is 3.06. The summed E-state index contributed by atoms with van der Waals surface area (Å²) in [5.41, 5.74) is 3.01. The Hall–Kier alpha value is -2.61. The molecule has 0 amide bonds. The molecule has 1 heterocycles. The molecule has 0 bridgehead atoms. The topological polar surface area (TPSA) is 77.0 Å². The number of hydrogen-bond acceptors (Lipinski definition) is 6. The molecule has 8 heteroatoms. The predicted octanol–water partition coefficient (Wildman–Crippen LogP) is 2.33. The first-order chi connectivity index (χ1) is 10.5. The van der Waals surface area contributed by atoms with Crippen LogP contribution in [0.15, 0.2) is 52.5 Å². The molecule has 0 fully saturated rings. The van der Waals surface area contributed by atoms with Gasteiger partial charge in [-0.25, -0.2) is 4.39 Å². The van der Waals surface area contributed by atoms with Gasteiger partial charge in [-0.2, -0.15) is 8.42 Å². The number of benzene rings is 2. The fourth-order valence-electron chi connectivity index (χ4n) is 1.97. The van der Waals surface area contributed by atoms with Gasteiger partial charge in [-0.05, 0) is 36.4 Å². The number of fused-ring (bicyclic) bond motifs is 1. The van der Waals surface area contributed by atoms with Gasteiger partial charge in [0, 0.05) is 0 Å². The van der Waals surface area contributed by atoms with Crippen LogP contribution in [0.1, 0.15) is 5.56 Å². The quantitative estimate of drug-likeness (QED) is 0.693. The van der Waals surface area contributed by atoms with Gasteiger partial charge in [-0.3, -0.25) is 5.43 Å². The van der Waals surface area contributed by atoms with Crippen LogP contribution in [0.25, 0.3) is 0 Å². The van der Waals surface area contributed by atoms with E-state index >= 15 is 0 Å². The molecule has 2 aromatic carbocycles. The van der Waals surface area contributed by atoms with Crippen LogP contribution >= 0.6 is 0 Å². The maximum Gasteiger partial charge on any atom is 0.341 e. The van der Waals surface area contributed by atoms with Crippen molar-refractivity contribution in [1.82, 2.24) is 0 Å². The van der Waals surface area contributed by atoms with E-state index in [1.54, 1.807) is 31.4 Å². The van der Waals surface area contributed by atoms with Crippen LogP contribution in [-0.4, -0.2) is 21.4 Å². The van der Waals surface area contributed by atoms with Gasteiger partial charge in [-0.1, -0.05) is 6.07 Å². The van der Waals surface area contributed by atoms with Crippen molar-refractivity contribution in [3.05, 3.63) is 53.8 Å². The third-order valence-corrected chi connectivity index (χ3v) is 4.28. The van der Waals surface area contributed by atoms with Gasteiger partial charge in [0.2, 0.25) is 0 Å². The minimum Gasteiger partial charge on any atom is -0.497 e. The monoisotopic (exact) mass is 322 g/mol. The predicted molar refractivity (Wildman–Crippen MR) is 77.8 cm³/mol. The number of ether oxygens (including phenoxy) is 1. The first-order valence-corrected chi connectivity index (χ1v) is 7.63. The highest BCUT2D eigenvalue weighted by Crippen LogP contribution is 2.29. The molecule has 0 saturated heterocycles. The van der Waals surface area contributed by atoms with E-state index in [1.807, 2.05) is 0 Å². The van der Waals surface area contributed by atoms with Crippen molar-refractivity contribution >= 4 is 21.7 Å². The summed E-state index contributed by atoms with van der Waals surface area (Å²) in [6.07, 6.45) is 0. The summed E-state index contributed by atoms with van der Waals surface area (Å²) in [6, 6.07) is 10.5. The van der Waals surface area contributed by atoms with Gasteiger partial charge in [-0.15, -0.1) is 5.10 Å². The lowest BCUT2D eigenvalue weighted by Gasteiger charge is -2.03. The summed E-state index contributed by atoms with van der Waals surface area (Å²) in [6.45, 7) is 0. The average Bonchev–Trinajstić information content (AvgIpc) is 2.78. The van der Waals surface area contributed by atoms with E-state index in [9.17, 15) is 12.8 Å². The Morgan fingerprint density at radius 2 is 1.91 bits per heavy atom. The van der Waals surface area contributed by atoms with Crippen LogP contribution in [0.2, 0.25) is 0 Å². The molecule has 0 spiro atoms. The molecule has 22 heavy (non-hydrogen) atoms. The summed E-state index contributed by atoms with van der Waals surface area (Å²) < 4.78 is 47.2. The summed E-state index contributed by atoms with van der Waals surface area (Å²) in [5.74, 6) is -0.382. The lowest BCUT2D eigenvalue weighted by atomic mass is 10.2. The van der Waals surface area contributed by atoms with E-state index in [1.165, 1.54) is 12.1 Å². The highest BCUT2D eigenvalue weighted by Gasteiger charge is 2.36. The molecule has 2 aromatic rings. The van der Waals surface area contributed by atoms with Crippen LogP contribution in [0, 0.1) is 5.82 Å². The average molecular weight is 322 g/mol. The van der Waals surface area contributed by atoms with E-state index in [4.69, 9.17) is 8.92 Å². The van der Waals surface area contributed by atoms with Crippen LogP contribution in [-0.2, 0) is 14.3 Å². The van der Waals surface area contributed by atoms with Crippen molar-refractivity contribution in [2.45, 2.75) is 4.90 Å². The molecular weight excluding hydrogens is 311 g/mol. The van der Waals surface area contributed by atoms with E-state index in [-0.39, 0.29) is 16.4 Å². The number of rotatable bonds is 3. The number of nitrogens with one attached hydrogen (secondary N) is 1. The Kier molecular flexibility index (Phi) is 3.45. The lowest BCUT2D eigenvalue weighted by molar-refractivity contribution is 0.415. The normalized spacial score (nSPS) is 16.9. The number of nitrogens with zero attached hydrogens (tertiary/aromatic N) is 1. The Labute approximate surface area is 126 Å². The third kappa shape index (κ3) is 2.48. The molecule has 6 nitrogen and oxygen atoms in total. The first kappa shape index (κ1) is 14.3. The SMILES string of the molecule is COc1ccc(N/N=C2\OS(=O)(=O)c3cccc(F)c32)cc1. The Morgan fingerprint density at radius 3 is 2.59 bits per heavy atom. The molecule has 114 valence electrons. The fraction of sp³-hybridized carbons (Fsp3) is 0.0714. The summed E-state index contributed by atoms with van der Waals surface area (Å²) >= 11 is 0. The minimum absolute atomic E-state index is 0.177. The zero-order chi connectivity index (χ0) is 15.7. The molecule has 0 radical (unpaired) electrons. The smallest absolute Gasteiger partial charge is 0.341 e. The maximum atomic E-state index is 13.8. The molecule has 1 aliphatic heterocycles. The van der Waals surface area contributed by atoms with E-state index in [0.717, 1.165) is 6.07 Å². The Morgan fingerprint density at radius 1 is 1.18 bits per heavy atom. The Balaban J connectivity index is 1.93. The molecule has 1 aliphatic rings. The number of halogens is 1. The molecule has 0 unspecified atom stereocenters. The van der Waals surface area contributed by atoms with E-state index in [2.05, 4.69) is 10.5 Å². The second-order valence-corrected chi connectivity index (χ2v) is 5.92. The minimum atomic E-state index is -4.02. The molecule has 3 rings (SSSR count). The van der Waals surface area contributed by atoms with Crippen molar-refractivity contribution in [1.29, 1.82) is 0 Å². The molecular formula is C14H11FN2O4S. The highest BCUT2D eigenvalue weighted by molar-refractivity contribution is 7.87. The van der Waals surface area contributed by atoms with Crippen LogP contribution in [0.4, 0.5) is 10.1 Å². The molecule has 0 aromatic heterocycles. The maximum absolute atomic E-state index is 13.8. The number of methoxy groups -OCH3 is 1. The van der Waals surface area contributed by atoms with Gasteiger partial charge in [0.1, 0.15) is 16.5 Å². The number of anilines is 1. The first-order valence-electron chi connectivity index (χ1n) is 6.22. The van der Waals surface area contributed by atoms with Crippen LogP contribution in [0.5, 0.6) is 5.75 Å². The van der Waals surface area contributed by atoms with Crippen molar-refractivity contribution in [3.8, 4) is 5.75 Å². The number of hydrogen-bond donors (Lipinski definition) is 1. The number of hydrazone groups is 1. The standard InChI is InChI=1S/C14H11FN2O4S/c1-20-10-7-5-9(6-8-10)16-17-14-13-11(15)3-2-4-12(13)22(18,19)21-14/h2-8,16H,1H3/b17-14-. The van der Waals surface area contributed by atoms with E-state index < -0.39 is 15.9 Å². The summed E-state index contributed by atoms with van der Waals surface area (Å²) in [5, 5.41) is 3.83. The van der Waals surface area contributed by atoms with Crippen molar-refractivity contribution in [2.75, 3.05) is 12.5 Å². The molecule has 1 N–H and O–H groups in total. The zero-order valence-corrected chi connectivity index (χ0v) is 12.2. The molecule has 0 aliphatic carbocycles. The Bertz CT molecular complexity index is 848. The summed E-state index contributed by atoms with van der Waals surface area (Å²) in [4.78, 5) is -0.234. The third-order valence-electron chi connectivity index (χ3n) is 3.02. The van der Waals surface area contributed by atoms with Crippen molar-refractivity contribution in [3.63, 3.8) is 0 Å². The van der Waals surface area contributed by atoms with Crippen LogP contribution < -0.4 is 10.2 Å². The van der Waals surface area contributed by atoms with Crippen LogP contribution in [0.3, 0.4) is 0 Å². The largest absolute Gasteiger partial charge is 0.497 e. The van der Waals surface area contributed by atoms with Gasteiger partial charge in [0.15, 0.2) is 0 Å². The van der Waals surface area contributed by atoms with Gasteiger partial charge < -0.3 is 8.92 Å². The van der Waals surface area contributed by atoms with Crippen molar-refractivity contribution in [2.24, 2.45) is 5.10 Å². The van der Waals surface area contributed by atoms with Gasteiger partial charge in [0.05, 0.1) is 18.4 Å². The molecule has 0 atom stereocenters. The van der Waals surface area contributed by atoms with E-state index in [0.29, 0.717) is 11.4 Å². The zero-order valence-electron chi connectivity index (χ0n) is 11.4. The van der Waals surface area contributed by atoms with Crippen molar-refractivity contribution < 1.29 is 21.7 Å². The van der Waals surface area contributed by atoms with Gasteiger partial charge in [0.25, 0.3) is 5.90 Å². The molecule has 0 saturated carbocycles. The highest BCUT2D eigenvalue weighted by atomic mass is 32.2. The second kappa shape index (κ2) is 5.30. The van der Waals surface area contributed by atoms with Gasteiger partial charge >= 0.3 is 10.1 Å².